The number of hydrogen-bond acceptors (Lipinski definition) is 4. The van der Waals surface area contributed by atoms with E-state index < -0.39 is 5.82 Å². The summed E-state index contributed by atoms with van der Waals surface area (Å²) in [5.41, 5.74) is 2.26. The van der Waals surface area contributed by atoms with Crippen LogP contribution in [0.3, 0.4) is 0 Å². The fourth-order valence-electron chi connectivity index (χ4n) is 4.02. The highest BCUT2D eigenvalue weighted by Gasteiger charge is 2.38. The molecule has 0 saturated carbocycles. The summed E-state index contributed by atoms with van der Waals surface area (Å²) in [6.45, 7) is 5.26. The molecule has 0 unspecified atom stereocenters. The first-order chi connectivity index (χ1) is 12.1. The number of halogens is 1. The molecule has 1 amide bonds. The second kappa shape index (κ2) is 6.55. The average molecular weight is 343 g/mol. The van der Waals surface area contributed by atoms with Gasteiger partial charge in [0.1, 0.15) is 0 Å². The van der Waals surface area contributed by atoms with Crippen molar-refractivity contribution in [2.75, 3.05) is 19.6 Å². The average Bonchev–Trinajstić information content (AvgIpc) is 2.82. The topological polar surface area (TPSA) is 65.1 Å². The van der Waals surface area contributed by atoms with Crippen molar-refractivity contribution in [1.29, 1.82) is 0 Å². The molecule has 7 heteroatoms. The summed E-state index contributed by atoms with van der Waals surface area (Å²) >= 11 is 0. The predicted molar refractivity (Wildman–Crippen MR) is 90.3 cm³/mol. The number of H-pyrrole nitrogens is 1. The molecule has 3 fully saturated rings. The maximum absolute atomic E-state index is 14.0. The lowest BCUT2D eigenvalue weighted by Crippen LogP contribution is -2.47. The van der Waals surface area contributed by atoms with Gasteiger partial charge >= 0.3 is 0 Å². The summed E-state index contributed by atoms with van der Waals surface area (Å²) in [5, 5.41) is 0. The van der Waals surface area contributed by atoms with E-state index in [1.807, 2.05) is 11.8 Å². The first-order valence-electron chi connectivity index (χ1n) is 8.73. The van der Waals surface area contributed by atoms with E-state index in [0.29, 0.717) is 12.5 Å². The number of carbonyl (C=O) groups is 1. The van der Waals surface area contributed by atoms with E-state index in [1.54, 1.807) is 6.33 Å². The van der Waals surface area contributed by atoms with Crippen molar-refractivity contribution < 1.29 is 9.18 Å². The zero-order valence-electron chi connectivity index (χ0n) is 14.3. The zero-order valence-corrected chi connectivity index (χ0v) is 14.3. The van der Waals surface area contributed by atoms with Gasteiger partial charge in [-0.25, -0.2) is 9.37 Å². The number of nitrogens with one attached hydrogen (secondary N) is 1. The normalized spacial score (nSPS) is 23.7. The van der Waals surface area contributed by atoms with Crippen molar-refractivity contribution in [3.8, 4) is 0 Å². The lowest BCUT2D eigenvalue weighted by atomic mass is 9.94. The number of pyridine rings is 1. The second-order valence-electron chi connectivity index (χ2n) is 7.08. The van der Waals surface area contributed by atoms with E-state index in [2.05, 4.69) is 19.9 Å². The third kappa shape index (κ3) is 3.16. The molecule has 1 N–H and O–H groups in total. The van der Waals surface area contributed by atoms with Crippen LogP contribution in [-0.4, -0.2) is 56.3 Å². The molecule has 2 aromatic heterocycles. The number of nitrogens with zero attached hydrogens (tertiary/aromatic N) is 4. The summed E-state index contributed by atoms with van der Waals surface area (Å²) in [4.78, 5) is 28.3. The highest BCUT2D eigenvalue weighted by molar-refractivity contribution is 5.94. The van der Waals surface area contributed by atoms with Crippen LogP contribution in [0.25, 0.3) is 0 Å². The molecular formula is C18H22FN5O. The van der Waals surface area contributed by atoms with Gasteiger partial charge in [0.2, 0.25) is 0 Å². The van der Waals surface area contributed by atoms with Gasteiger partial charge < -0.3 is 9.88 Å². The Morgan fingerprint density at radius 1 is 1.36 bits per heavy atom. The van der Waals surface area contributed by atoms with Crippen molar-refractivity contribution in [3.05, 3.63) is 47.6 Å². The third-order valence-corrected chi connectivity index (χ3v) is 5.36. The number of rotatable bonds is 3. The van der Waals surface area contributed by atoms with Gasteiger partial charge in [0.05, 0.1) is 23.8 Å². The summed E-state index contributed by atoms with van der Waals surface area (Å²) in [5.74, 6) is -0.337. The molecule has 2 aromatic rings. The number of hydrogen-bond donors (Lipinski definition) is 1. The molecule has 3 saturated heterocycles. The van der Waals surface area contributed by atoms with Gasteiger partial charge in [0.15, 0.2) is 5.82 Å². The number of carbonyl (C=O) groups excluding carboxylic acids is 1. The van der Waals surface area contributed by atoms with Crippen molar-refractivity contribution >= 4 is 5.91 Å². The Morgan fingerprint density at radius 3 is 3.00 bits per heavy atom. The van der Waals surface area contributed by atoms with Crippen LogP contribution in [0, 0.1) is 18.7 Å². The van der Waals surface area contributed by atoms with Crippen LogP contribution in [0.4, 0.5) is 4.39 Å². The number of aromatic nitrogens is 3. The van der Waals surface area contributed by atoms with E-state index >= 15 is 0 Å². The van der Waals surface area contributed by atoms with Crippen LogP contribution in [0.1, 0.15) is 34.6 Å². The zero-order chi connectivity index (χ0) is 17.4. The standard InChI is InChI=1S/C18H22FN5O/c1-12-17(22-11-21-12)10-23-7-13-2-3-14(9-23)24(8-13)18(25)15-4-5-20-6-16(15)19/h4-6,11,13-14H,2-3,7-10H2,1H3,(H,21,22)/t13-,14+/m0/s1. The Kier molecular flexibility index (Phi) is 4.25. The van der Waals surface area contributed by atoms with Crippen LogP contribution >= 0.6 is 0 Å². The number of imidazole rings is 1. The summed E-state index contributed by atoms with van der Waals surface area (Å²) in [6, 6.07) is 1.60. The molecule has 5 rings (SSSR count). The first kappa shape index (κ1) is 16.2. The van der Waals surface area contributed by atoms with Crippen molar-refractivity contribution in [1.82, 2.24) is 24.8 Å². The second-order valence-corrected chi connectivity index (χ2v) is 7.08. The minimum Gasteiger partial charge on any atom is -0.348 e. The monoisotopic (exact) mass is 343 g/mol. The largest absolute Gasteiger partial charge is 0.348 e. The lowest BCUT2D eigenvalue weighted by Gasteiger charge is -2.36. The first-order valence-corrected chi connectivity index (χ1v) is 8.73. The highest BCUT2D eigenvalue weighted by atomic mass is 19.1. The van der Waals surface area contributed by atoms with Gasteiger partial charge in [-0.2, -0.15) is 0 Å². The summed E-state index contributed by atoms with van der Waals surface area (Å²) < 4.78 is 14.0. The Balaban J connectivity index is 1.52. The van der Waals surface area contributed by atoms with Crippen LogP contribution < -0.4 is 0 Å². The molecule has 0 aromatic carbocycles. The van der Waals surface area contributed by atoms with E-state index in [9.17, 15) is 9.18 Å². The molecule has 3 aliphatic rings. The number of fused-ring (bicyclic) bond motifs is 4. The quantitative estimate of drug-likeness (QED) is 0.926. The molecule has 6 nitrogen and oxygen atoms in total. The maximum Gasteiger partial charge on any atom is 0.257 e. The fraction of sp³-hybridized carbons (Fsp3) is 0.500. The Bertz CT molecular complexity index is 776. The molecule has 0 aliphatic carbocycles. The lowest BCUT2D eigenvalue weighted by molar-refractivity contribution is 0.0580. The molecule has 132 valence electrons. The maximum atomic E-state index is 14.0. The SMILES string of the molecule is Cc1[nH]cnc1CN1C[C@@H]2CC[C@H](C1)N(C(=O)c1ccncc1F)C2. The third-order valence-electron chi connectivity index (χ3n) is 5.36. The summed E-state index contributed by atoms with van der Waals surface area (Å²) in [7, 11) is 0. The van der Waals surface area contributed by atoms with Crippen LogP contribution in [0.2, 0.25) is 0 Å². The number of piperidine rings is 1. The fourth-order valence-corrected chi connectivity index (χ4v) is 4.02. The Morgan fingerprint density at radius 2 is 2.24 bits per heavy atom. The van der Waals surface area contributed by atoms with Gasteiger partial charge in [-0.1, -0.05) is 0 Å². The van der Waals surface area contributed by atoms with Crippen LogP contribution in [0.15, 0.2) is 24.8 Å². The van der Waals surface area contributed by atoms with Crippen molar-refractivity contribution in [3.63, 3.8) is 0 Å². The predicted octanol–water partition coefficient (Wildman–Crippen LogP) is 1.99. The molecule has 0 radical (unpaired) electrons. The van der Waals surface area contributed by atoms with Crippen molar-refractivity contribution in [2.24, 2.45) is 5.92 Å². The molecule has 25 heavy (non-hydrogen) atoms. The van der Waals surface area contributed by atoms with Gasteiger partial charge in [-0.15, -0.1) is 0 Å². The van der Waals surface area contributed by atoms with Crippen LogP contribution in [-0.2, 0) is 6.54 Å². The van der Waals surface area contributed by atoms with Crippen molar-refractivity contribution in [2.45, 2.75) is 32.4 Å². The molecular weight excluding hydrogens is 321 g/mol. The molecule has 2 atom stereocenters. The molecule has 2 bridgehead atoms. The summed E-state index contributed by atoms with van der Waals surface area (Å²) in [6.07, 6.45) is 6.39. The minimum absolute atomic E-state index is 0.122. The number of amides is 1. The minimum atomic E-state index is -0.545. The van der Waals surface area contributed by atoms with Gasteiger partial charge in [0.25, 0.3) is 5.91 Å². The van der Waals surface area contributed by atoms with E-state index in [1.165, 1.54) is 12.3 Å². The Hall–Kier alpha value is -2.28. The van der Waals surface area contributed by atoms with Gasteiger partial charge in [-0.05, 0) is 31.7 Å². The Labute approximate surface area is 146 Å². The number of aryl methyl sites for hydroxylation is 1. The number of aromatic amines is 1. The molecule has 5 heterocycles. The van der Waals surface area contributed by atoms with Gasteiger partial charge in [-0.3, -0.25) is 14.7 Å². The highest BCUT2D eigenvalue weighted by Crippen LogP contribution is 2.30. The van der Waals surface area contributed by atoms with Crippen LogP contribution in [0.5, 0.6) is 0 Å². The van der Waals surface area contributed by atoms with E-state index in [-0.39, 0.29) is 17.5 Å². The smallest absolute Gasteiger partial charge is 0.257 e. The molecule has 0 spiro atoms. The van der Waals surface area contributed by atoms with E-state index in [0.717, 1.165) is 50.1 Å². The van der Waals surface area contributed by atoms with E-state index in [4.69, 9.17) is 0 Å². The van der Waals surface area contributed by atoms with Gasteiger partial charge in [0, 0.05) is 44.1 Å². The molecule has 3 aliphatic heterocycles.